The highest BCUT2D eigenvalue weighted by Gasteiger charge is 2.63. The Balaban J connectivity index is 3.29. The van der Waals surface area contributed by atoms with Crippen LogP contribution in [0.4, 0.5) is 4.79 Å². The third kappa shape index (κ3) is 1.11. The fourth-order valence-electron chi connectivity index (χ4n) is 1.25. The summed E-state index contributed by atoms with van der Waals surface area (Å²) in [5.41, 5.74) is 0. The van der Waals surface area contributed by atoms with Crippen molar-refractivity contribution in [3.63, 3.8) is 0 Å². The third-order valence-electron chi connectivity index (χ3n) is 2.39. The van der Waals surface area contributed by atoms with Crippen molar-refractivity contribution in [1.29, 1.82) is 0 Å². The largest absolute Gasteiger partial charge is 0.422 e. The average molecular weight is 221 g/mol. The van der Waals surface area contributed by atoms with Crippen LogP contribution in [0.25, 0.3) is 0 Å². The molecule has 1 saturated heterocycles. The number of hydrogen-bond acceptors (Lipinski definition) is 5. The van der Waals surface area contributed by atoms with Gasteiger partial charge in [0.25, 0.3) is 5.34 Å². The van der Waals surface area contributed by atoms with Crippen LogP contribution in [0.15, 0.2) is 0 Å². The number of carbonyl (C=O) groups is 2. The molecule has 2 unspecified atom stereocenters. The van der Waals surface area contributed by atoms with Gasteiger partial charge in [-0.3, -0.25) is 9.36 Å². The van der Waals surface area contributed by atoms with Crippen LogP contribution in [-0.4, -0.2) is 36.0 Å². The Morgan fingerprint density at radius 2 is 2.14 bits per heavy atom. The molecule has 1 heterocycles. The minimum absolute atomic E-state index is 0.500. The van der Waals surface area contributed by atoms with Crippen LogP contribution in [0.3, 0.4) is 0 Å². The van der Waals surface area contributed by atoms with Gasteiger partial charge in [-0.1, -0.05) is 0 Å². The molecular weight excluding hydrogens is 209 g/mol. The molecule has 0 aromatic carbocycles. The van der Waals surface area contributed by atoms with E-state index in [2.05, 4.69) is 0 Å². The second-order valence-electron chi connectivity index (χ2n) is 3.13. The van der Waals surface area contributed by atoms with E-state index in [1.165, 1.54) is 28.0 Å². The molecule has 80 valence electrons. The van der Waals surface area contributed by atoms with Gasteiger partial charge in [0.1, 0.15) is 0 Å². The first-order chi connectivity index (χ1) is 6.29. The SMILES string of the molecule is COP1(=O)N(C)C(=O)OC1(C)C(C)=O. The van der Waals surface area contributed by atoms with Crippen molar-refractivity contribution in [1.82, 2.24) is 4.67 Å². The molecule has 0 saturated carbocycles. The molecular formula is C7H12NO5P. The van der Waals surface area contributed by atoms with Gasteiger partial charge in [0.2, 0.25) is 0 Å². The summed E-state index contributed by atoms with van der Waals surface area (Å²) in [6.07, 6.45) is -0.812. The highest BCUT2D eigenvalue weighted by atomic mass is 31.2. The lowest BCUT2D eigenvalue weighted by atomic mass is 10.3. The molecule has 6 nitrogen and oxygen atoms in total. The van der Waals surface area contributed by atoms with E-state index >= 15 is 0 Å². The lowest BCUT2D eigenvalue weighted by molar-refractivity contribution is -0.126. The van der Waals surface area contributed by atoms with Gasteiger partial charge in [0, 0.05) is 14.2 Å². The normalized spacial score (nSPS) is 37.1. The minimum Gasteiger partial charge on any atom is -0.422 e. The van der Waals surface area contributed by atoms with Crippen LogP contribution < -0.4 is 0 Å². The van der Waals surface area contributed by atoms with Crippen LogP contribution in [0.2, 0.25) is 0 Å². The summed E-state index contributed by atoms with van der Waals surface area (Å²) in [4.78, 5) is 22.4. The van der Waals surface area contributed by atoms with Crippen LogP contribution in [-0.2, 0) is 18.6 Å². The van der Waals surface area contributed by atoms with Crippen molar-refractivity contribution in [2.45, 2.75) is 19.2 Å². The van der Waals surface area contributed by atoms with Crippen molar-refractivity contribution in [3.05, 3.63) is 0 Å². The van der Waals surface area contributed by atoms with Crippen molar-refractivity contribution in [2.24, 2.45) is 0 Å². The summed E-state index contributed by atoms with van der Waals surface area (Å²) in [5, 5.41) is -1.69. The van der Waals surface area contributed by atoms with Crippen LogP contribution >= 0.6 is 7.52 Å². The van der Waals surface area contributed by atoms with Crippen LogP contribution in [0, 0.1) is 0 Å². The van der Waals surface area contributed by atoms with E-state index in [9.17, 15) is 14.2 Å². The van der Waals surface area contributed by atoms with Gasteiger partial charge in [0.05, 0.1) is 0 Å². The Hall–Kier alpha value is -0.870. The first kappa shape index (κ1) is 11.2. The lowest BCUT2D eigenvalue weighted by Gasteiger charge is -2.25. The summed E-state index contributed by atoms with van der Waals surface area (Å²) in [6.45, 7) is 2.50. The number of nitrogens with zero attached hydrogens (tertiary/aromatic N) is 1. The van der Waals surface area contributed by atoms with Gasteiger partial charge in [-0.15, -0.1) is 0 Å². The fourth-order valence-corrected chi connectivity index (χ4v) is 3.27. The fraction of sp³-hybridized carbons (Fsp3) is 0.714. The van der Waals surface area contributed by atoms with Crippen LogP contribution in [0.5, 0.6) is 0 Å². The zero-order chi connectivity index (χ0) is 11.1. The molecule has 14 heavy (non-hydrogen) atoms. The number of ether oxygens (including phenoxy) is 1. The molecule has 0 aromatic heterocycles. The maximum absolute atomic E-state index is 12.2. The lowest BCUT2D eigenvalue weighted by Crippen LogP contribution is -2.33. The van der Waals surface area contributed by atoms with E-state index in [0.29, 0.717) is 0 Å². The van der Waals surface area contributed by atoms with Crippen molar-refractivity contribution in [2.75, 3.05) is 14.2 Å². The van der Waals surface area contributed by atoms with Crippen LogP contribution in [0.1, 0.15) is 13.8 Å². The molecule has 0 bridgehead atoms. The predicted octanol–water partition coefficient (Wildman–Crippen LogP) is 1.21. The van der Waals surface area contributed by atoms with Gasteiger partial charge in [-0.2, -0.15) is 0 Å². The second kappa shape index (κ2) is 3.07. The summed E-state index contributed by atoms with van der Waals surface area (Å²) in [5.74, 6) is -0.500. The van der Waals surface area contributed by atoms with E-state index in [1.54, 1.807) is 0 Å². The van der Waals surface area contributed by atoms with E-state index in [1.807, 2.05) is 0 Å². The molecule has 0 N–H and O–H groups in total. The molecule has 1 fully saturated rings. The number of Topliss-reactive ketones (excluding diaryl/α,β-unsaturated/α-hetero) is 1. The monoisotopic (exact) mass is 221 g/mol. The topological polar surface area (TPSA) is 72.9 Å². The Kier molecular flexibility index (Phi) is 2.46. The number of rotatable bonds is 2. The minimum atomic E-state index is -3.56. The molecule has 1 amide bonds. The van der Waals surface area contributed by atoms with E-state index < -0.39 is 24.7 Å². The summed E-state index contributed by atoms with van der Waals surface area (Å²) in [7, 11) is -1.10. The zero-order valence-electron chi connectivity index (χ0n) is 8.44. The Labute approximate surface area is 81.7 Å². The number of cyclic esters (lactones) is 1. The Morgan fingerprint density at radius 1 is 1.64 bits per heavy atom. The maximum Gasteiger partial charge on any atom is 0.418 e. The maximum atomic E-state index is 12.2. The molecule has 0 aromatic rings. The first-order valence-corrected chi connectivity index (χ1v) is 5.51. The van der Waals surface area contributed by atoms with Gasteiger partial charge >= 0.3 is 13.6 Å². The smallest absolute Gasteiger partial charge is 0.418 e. The number of carbonyl (C=O) groups excluding carboxylic acids is 2. The van der Waals surface area contributed by atoms with E-state index in [0.717, 1.165) is 4.67 Å². The van der Waals surface area contributed by atoms with E-state index in [4.69, 9.17) is 9.26 Å². The summed E-state index contributed by atoms with van der Waals surface area (Å²) in [6, 6.07) is 0. The number of ketones is 1. The predicted molar refractivity (Wildman–Crippen MR) is 47.9 cm³/mol. The highest BCUT2D eigenvalue weighted by Crippen LogP contribution is 2.65. The van der Waals surface area contributed by atoms with Crippen molar-refractivity contribution in [3.8, 4) is 0 Å². The molecule has 0 spiro atoms. The third-order valence-corrected chi connectivity index (χ3v) is 5.32. The van der Waals surface area contributed by atoms with Crippen molar-refractivity contribution < 1.29 is 23.4 Å². The molecule has 2 atom stereocenters. The molecule has 7 heteroatoms. The first-order valence-electron chi connectivity index (χ1n) is 3.93. The number of hydrogen-bond donors (Lipinski definition) is 0. The standard InChI is InChI=1S/C7H12NO5P/c1-5(9)7(2)13-6(10)8(3)14(7,11)12-4/h1-4H3. The number of amides is 1. The molecule has 0 aliphatic carbocycles. The average Bonchev–Trinajstić information content (AvgIpc) is 2.29. The van der Waals surface area contributed by atoms with E-state index in [-0.39, 0.29) is 0 Å². The van der Waals surface area contributed by atoms with Crippen molar-refractivity contribution >= 4 is 19.4 Å². The summed E-state index contributed by atoms with van der Waals surface area (Å²) < 4.78 is 22.5. The second-order valence-corrected chi connectivity index (χ2v) is 5.99. The molecule has 1 aliphatic rings. The molecule has 1 rings (SSSR count). The molecule has 1 aliphatic heterocycles. The van der Waals surface area contributed by atoms with Gasteiger partial charge in [-0.05, 0) is 13.8 Å². The zero-order valence-corrected chi connectivity index (χ0v) is 9.33. The molecule has 0 radical (unpaired) electrons. The van der Waals surface area contributed by atoms with Gasteiger partial charge in [-0.25, -0.2) is 9.46 Å². The van der Waals surface area contributed by atoms with Gasteiger partial charge < -0.3 is 9.26 Å². The Morgan fingerprint density at radius 3 is 2.43 bits per heavy atom. The Bertz CT molecular complexity index is 339. The quantitative estimate of drug-likeness (QED) is 0.655. The highest BCUT2D eigenvalue weighted by molar-refractivity contribution is 7.60. The van der Waals surface area contributed by atoms with Gasteiger partial charge in [0.15, 0.2) is 5.78 Å². The summed E-state index contributed by atoms with van der Waals surface area (Å²) >= 11 is 0.